The molecule has 1 aliphatic rings. The van der Waals surface area contributed by atoms with Crippen LogP contribution in [0.2, 0.25) is 0 Å². The highest BCUT2D eigenvalue weighted by Gasteiger charge is 2.33. The van der Waals surface area contributed by atoms with Gasteiger partial charge in [0.25, 0.3) is 0 Å². The van der Waals surface area contributed by atoms with Crippen molar-refractivity contribution in [3.63, 3.8) is 0 Å². The first-order valence-corrected chi connectivity index (χ1v) is 5.19. The molecule has 0 fully saturated rings. The van der Waals surface area contributed by atoms with Crippen LogP contribution >= 0.6 is 31.9 Å². The summed E-state index contributed by atoms with van der Waals surface area (Å²) in [7, 11) is 0. The molecule has 0 amide bonds. The normalized spacial score (nSPS) is 30.0. The van der Waals surface area contributed by atoms with Gasteiger partial charge in [-0.05, 0) is 21.3 Å². The average molecular weight is 282 g/mol. The zero-order chi connectivity index (χ0) is 8.65. The van der Waals surface area contributed by atoms with Crippen molar-refractivity contribution in [3.8, 4) is 0 Å². The molecule has 0 aromatic rings. The van der Waals surface area contributed by atoms with E-state index in [1.165, 1.54) is 0 Å². The minimum Gasteiger partial charge on any atom is -0.294 e. The summed E-state index contributed by atoms with van der Waals surface area (Å²) in [6.07, 6.45) is 2.53. The molecule has 0 heterocycles. The molecule has 0 radical (unpaired) electrons. The highest BCUT2D eigenvalue weighted by atomic mass is 79.9. The molecule has 0 bridgehead atoms. The fourth-order valence-corrected chi connectivity index (χ4v) is 2.23. The Morgan fingerprint density at radius 1 is 1.64 bits per heavy atom. The molecule has 0 aromatic heterocycles. The number of alkyl halides is 1. The summed E-state index contributed by atoms with van der Waals surface area (Å²) in [4.78, 5) is 11.5. The summed E-state index contributed by atoms with van der Waals surface area (Å²) >= 11 is 6.75. The van der Waals surface area contributed by atoms with Gasteiger partial charge in [0.15, 0.2) is 5.78 Å². The highest BCUT2D eigenvalue weighted by Crippen LogP contribution is 2.38. The molecule has 0 saturated carbocycles. The third-order valence-corrected chi connectivity index (χ3v) is 4.13. The Balaban J connectivity index is 2.93. The molecule has 1 nitrogen and oxygen atoms in total. The van der Waals surface area contributed by atoms with Crippen LogP contribution < -0.4 is 0 Å². The Hall–Kier alpha value is 0.370. The zero-order valence-corrected chi connectivity index (χ0v) is 9.70. The fraction of sp³-hybridized carbons (Fsp3) is 0.625. The van der Waals surface area contributed by atoms with Gasteiger partial charge in [-0.1, -0.05) is 35.9 Å². The first-order valence-electron chi connectivity index (χ1n) is 3.48. The largest absolute Gasteiger partial charge is 0.294 e. The second-order valence-corrected chi connectivity index (χ2v) is 5.35. The molecule has 0 spiro atoms. The Kier molecular flexibility index (Phi) is 2.59. The molecule has 0 N–H and O–H groups in total. The summed E-state index contributed by atoms with van der Waals surface area (Å²) in [6, 6.07) is 0. The topological polar surface area (TPSA) is 17.1 Å². The van der Waals surface area contributed by atoms with Crippen LogP contribution in [0.25, 0.3) is 0 Å². The van der Waals surface area contributed by atoms with Crippen LogP contribution in [-0.2, 0) is 4.79 Å². The summed E-state index contributed by atoms with van der Waals surface area (Å²) in [5.74, 6) is 0.200. The number of hydrogen-bond acceptors (Lipinski definition) is 1. The van der Waals surface area contributed by atoms with Gasteiger partial charge >= 0.3 is 0 Å². The molecule has 11 heavy (non-hydrogen) atoms. The Morgan fingerprint density at radius 2 is 2.18 bits per heavy atom. The smallest absolute Gasteiger partial charge is 0.170 e. The van der Waals surface area contributed by atoms with Crippen LogP contribution in [0.15, 0.2) is 10.6 Å². The van der Waals surface area contributed by atoms with Crippen molar-refractivity contribution in [2.45, 2.75) is 25.1 Å². The number of rotatable bonds is 0. The van der Waals surface area contributed by atoms with Gasteiger partial charge < -0.3 is 0 Å². The second kappa shape index (κ2) is 3.02. The van der Waals surface area contributed by atoms with Gasteiger partial charge in [0.2, 0.25) is 0 Å². The van der Waals surface area contributed by atoms with Gasteiger partial charge in [0.1, 0.15) is 0 Å². The number of Topliss-reactive ketones (excluding diaryl/α,β-unsaturated/α-hetero) is 1. The van der Waals surface area contributed by atoms with E-state index in [0.29, 0.717) is 15.7 Å². The molecule has 3 heteroatoms. The summed E-state index contributed by atoms with van der Waals surface area (Å²) in [6.45, 7) is 4.17. The van der Waals surface area contributed by atoms with E-state index >= 15 is 0 Å². The summed E-state index contributed by atoms with van der Waals surface area (Å²) in [5.41, 5.74) is 0.0500. The predicted octanol–water partition coefficient (Wildman–Crippen LogP) is 3.03. The summed E-state index contributed by atoms with van der Waals surface area (Å²) in [5, 5.41) is 0. The highest BCUT2D eigenvalue weighted by molar-refractivity contribution is 9.12. The van der Waals surface area contributed by atoms with Crippen LogP contribution in [0.4, 0.5) is 0 Å². The van der Waals surface area contributed by atoms with Crippen LogP contribution in [0, 0.1) is 5.41 Å². The molecular weight excluding hydrogens is 272 g/mol. The molecule has 1 atom stereocenters. The van der Waals surface area contributed by atoms with Crippen molar-refractivity contribution >= 4 is 37.6 Å². The van der Waals surface area contributed by atoms with Crippen molar-refractivity contribution in [3.05, 3.63) is 10.6 Å². The lowest BCUT2D eigenvalue weighted by atomic mass is 9.80. The monoisotopic (exact) mass is 280 g/mol. The van der Waals surface area contributed by atoms with Crippen molar-refractivity contribution < 1.29 is 4.79 Å². The lowest BCUT2D eigenvalue weighted by molar-refractivity contribution is -0.117. The third kappa shape index (κ3) is 1.94. The van der Waals surface area contributed by atoms with Crippen LogP contribution in [0.3, 0.4) is 0 Å². The first-order chi connectivity index (χ1) is 4.93. The van der Waals surface area contributed by atoms with Crippen LogP contribution in [0.5, 0.6) is 0 Å². The lowest BCUT2D eigenvalue weighted by Gasteiger charge is -2.31. The van der Waals surface area contributed by atoms with Gasteiger partial charge in [0.05, 0.1) is 4.48 Å². The minimum absolute atomic E-state index is 0.0500. The average Bonchev–Trinajstić information content (AvgIpc) is 1.83. The van der Waals surface area contributed by atoms with E-state index in [4.69, 9.17) is 0 Å². The zero-order valence-electron chi connectivity index (χ0n) is 6.53. The van der Waals surface area contributed by atoms with Crippen LogP contribution in [0.1, 0.15) is 20.3 Å². The quantitative estimate of drug-likeness (QED) is 0.624. The maximum absolute atomic E-state index is 11.2. The van der Waals surface area contributed by atoms with Gasteiger partial charge in [-0.25, -0.2) is 0 Å². The van der Waals surface area contributed by atoms with Crippen molar-refractivity contribution in [1.29, 1.82) is 0 Å². The number of hydrogen-bond donors (Lipinski definition) is 0. The molecule has 1 aliphatic carbocycles. The Labute approximate surface area is 83.5 Å². The first kappa shape index (κ1) is 9.46. The maximum atomic E-state index is 11.2. The van der Waals surface area contributed by atoms with Gasteiger partial charge in [-0.3, -0.25) is 4.79 Å². The van der Waals surface area contributed by atoms with Gasteiger partial charge in [-0.15, -0.1) is 0 Å². The molecular formula is C8H10Br2O. The van der Waals surface area contributed by atoms with E-state index in [9.17, 15) is 4.79 Å². The third-order valence-electron chi connectivity index (χ3n) is 1.92. The number of carbonyl (C=O) groups is 1. The predicted molar refractivity (Wildman–Crippen MR) is 53.1 cm³/mol. The van der Waals surface area contributed by atoms with E-state index in [1.807, 2.05) is 6.08 Å². The molecule has 0 aliphatic heterocycles. The fourth-order valence-electron chi connectivity index (χ4n) is 1.04. The molecule has 0 saturated heterocycles. The van der Waals surface area contributed by atoms with E-state index in [2.05, 4.69) is 45.7 Å². The minimum atomic E-state index is 0.0500. The van der Waals surface area contributed by atoms with Gasteiger partial charge in [0, 0.05) is 11.2 Å². The Morgan fingerprint density at radius 3 is 2.64 bits per heavy atom. The second-order valence-electron chi connectivity index (χ2n) is 3.50. The van der Waals surface area contributed by atoms with Gasteiger partial charge in [-0.2, -0.15) is 0 Å². The van der Waals surface area contributed by atoms with Crippen molar-refractivity contribution in [1.82, 2.24) is 0 Å². The molecule has 1 unspecified atom stereocenters. The number of ketones is 1. The van der Waals surface area contributed by atoms with Crippen molar-refractivity contribution in [2.75, 3.05) is 0 Å². The molecule has 0 aromatic carbocycles. The lowest BCUT2D eigenvalue weighted by Crippen LogP contribution is -2.30. The molecule has 1 rings (SSSR count). The number of carbonyl (C=O) groups excluding carboxylic acids is 1. The maximum Gasteiger partial charge on any atom is 0.170 e. The van der Waals surface area contributed by atoms with Crippen molar-refractivity contribution in [2.24, 2.45) is 5.41 Å². The van der Waals surface area contributed by atoms with E-state index in [1.54, 1.807) is 0 Å². The van der Waals surface area contributed by atoms with Crippen LogP contribution in [-0.4, -0.2) is 10.6 Å². The SMILES string of the molecule is CC1(C)CC(=O)C(Br)=CC1Br. The van der Waals surface area contributed by atoms with E-state index in [0.717, 1.165) is 0 Å². The number of allylic oxidation sites excluding steroid dienone is 2. The van der Waals surface area contributed by atoms with E-state index in [-0.39, 0.29) is 11.2 Å². The van der Waals surface area contributed by atoms with E-state index < -0.39 is 0 Å². The summed E-state index contributed by atoms with van der Waals surface area (Å²) < 4.78 is 0.707. The standard InChI is InChI=1S/C8H10Br2O/c1-8(2)4-6(11)5(9)3-7(8)10/h3,7H,4H2,1-2H3. The molecule has 62 valence electrons. The number of halogens is 2. The Bertz CT molecular complexity index is 218.